The van der Waals surface area contributed by atoms with Crippen molar-refractivity contribution in [1.82, 2.24) is 10.3 Å². The van der Waals surface area contributed by atoms with E-state index in [4.69, 9.17) is 27.8 Å². The van der Waals surface area contributed by atoms with Gasteiger partial charge in [-0.2, -0.15) is 5.26 Å². The van der Waals surface area contributed by atoms with Crippen LogP contribution in [0.4, 0.5) is 0 Å². The molecule has 0 saturated carbocycles. The van der Waals surface area contributed by atoms with Gasteiger partial charge in [0.2, 0.25) is 0 Å². The van der Waals surface area contributed by atoms with Crippen LogP contribution in [0, 0.1) is 25.2 Å². The molecule has 0 aliphatic rings. The molecule has 3 rings (SSSR count). The second-order valence-corrected chi connectivity index (χ2v) is 8.05. The second kappa shape index (κ2) is 11.1. The number of carbonyl (C=O) groups excluding carboxylic acids is 1. The van der Waals surface area contributed by atoms with Gasteiger partial charge in [0.25, 0.3) is 11.5 Å². The molecule has 1 aromatic heterocycles. The zero-order valence-electron chi connectivity index (χ0n) is 19.2. The molecule has 1 amide bonds. The number of halogens is 1. The van der Waals surface area contributed by atoms with Crippen molar-refractivity contribution in [3.63, 3.8) is 0 Å². The summed E-state index contributed by atoms with van der Waals surface area (Å²) in [6, 6.07) is 13.6. The number of carbonyl (C=O) groups is 1. The van der Waals surface area contributed by atoms with Crippen molar-refractivity contribution in [1.29, 1.82) is 5.26 Å². The SMILES string of the molecule is Cc1cc(C)c(CNC(=O)c2ccc(Oc3cccc(C(/C=C\N)=C/N)c3C#N)c(Cl)c2)c(=O)[nH]1. The number of allylic oxidation sites excluding steroid dienone is 2. The molecule has 0 aliphatic heterocycles. The minimum atomic E-state index is -0.399. The number of nitrogens with one attached hydrogen (secondary N) is 2. The fourth-order valence-corrected chi connectivity index (χ4v) is 3.75. The Labute approximate surface area is 207 Å². The predicted molar refractivity (Wildman–Crippen MR) is 136 cm³/mol. The van der Waals surface area contributed by atoms with Crippen LogP contribution in [0.1, 0.15) is 38.3 Å². The Morgan fingerprint density at radius 1 is 1.20 bits per heavy atom. The van der Waals surface area contributed by atoms with Crippen molar-refractivity contribution < 1.29 is 9.53 Å². The van der Waals surface area contributed by atoms with Crippen molar-refractivity contribution in [3.05, 3.63) is 110 Å². The first kappa shape index (κ1) is 25.1. The second-order valence-electron chi connectivity index (χ2n) is 7.64. The molecule has 178 valence electrons. The summed E-state index contributed by atoms with van der Waals surface area (Å²) in [6.45, 7) is 3.68. The number of H-pyrrole nitrogens is 1. The van der Waals surface area contributed by atoms with Crippen LogP contribution < -0.4 is 27.1 Å². The molecule has 0 saturated heterocycles. The highest BCUT2D eigenvalue weighted by Gasteiger charge is 2.16. The highest BCUT2D eigenvalue weighted by Crippen LogP contribution is 2.34. The molecule has 9 heteroatoms. The molecule has 6 N–H and O–H groups in total. The van der Waals surface area contributed by atoms with E-state index in [9.17, 15) is 14.9 Å². The van der Waals surface area contributed by atoms with E-state index < -0.39 is 5.91 Å². The number of ether oxygens (including phenoxy) is 1. The summed E-state index contributed by atoms with van der Waals surface area (Å²) in [5, 5.41) is 12.6. The number of aromatic amines is 1. The summed E-state index contributed by atoms with van der Waals surface area (Å²) >= 11 is 6.38. The molecule has 0 fully saturated rings. The van der Waals surface area contributed by atoms with Crippen molar-refractivity contribution in [2.24, 2.45) is 11.5 Å². The number of benzene rings is 2. The van der Waals surface area contributed by atoms with Gasteiger partial charge in [-0.3, -0.25) is 9.59 Å². The highest BCUT2D eigenvalue weighted by molar-refractivity contribution is 6.32. The molecule has 3 aromatic rings. The van der Waals surface area contributed by atoms with Gasteiger partial charge in [-0.15, -0.1) is 0 Å². The van der Waals surface area contributed by atoms with Crippen LogP contribution in [0.25, 0.3) is 5.57 Å². The Morgan fingerprint density at radius 3 is 2.60 bits per heavy atom. The first-order valence-electron chi connectivity index (χ1n) is 10.6. The van der Waals surface area contributed by atoms with Gasteiger partial charge >= 0.3 is 0 Å². The lowest BCUT2D eigenvalue weighted by Gasteiger charge is -2.13. The number of hydrogen-bond donors (Lipinski definition) is 4. The maximum absolute atomic E-state index is 12.6. The van der Waals surface area contributed by atoms with Gasteiger partial charge in [0.05, 0.1) is 5.02 Å². The summed E-state index contributed by atoms with van der Waals surface area (Å²) in [6.07, 6.45) is 4.24. The quantitative estimate of drug-likeness (QED) is 0.368. The smallest absolute Gasteiger partial charge is 0.253 e. The Morgan fingerprint density at radius 2 is 1.97 bits per heavy atom. The van der Waals surface area contributed by atoms with Crippen LogP contribution in [-0.2, 0) is 6.54 Å². The van der Waals surface area contributed by atoms with Crippen molar-refractivity contribution in [2.45, 2.75) is 20.4 Å². The van der Waals surface area contributed by atoms with E-state index in [-0.39, 0.29) is 34.2 Å². The topological polar surface area (TPSA) is 147 Å². The average Bonchev–Trinajstić information content (AvgIpc) is 2.82. The Bertz CT molecular complexity index is 1430. The maximum Gasteiger partial charge on any atom is 0.253 e. The Balaban J connectivity index is 1.81. The molecule has 0 spiro atoms. The van der Waals surface area contributed by atoms with Crippen molar-refractivity contribution in [3.8, 4) is 17.6 Å². The van der Waals surface area contributed by atoms with Crippen LogP contribution in [0.2, 0.25) is 5.02 Å². The lowest BCUT2D eigenvalue weighted by atomic mass is 10.00. The largest absolute Gasteiger partial charge is 0.454 e. The lowest BCUT2D eigenvalue weighted by Crippen LogP contribution is -2.27. The van der Waals surface area contributed by atoms with Crippen LogP contribution in [0.3, 0.4) is 0 Å². The molecule has 1 heterocycles. The van der Waals surface area contributed by atoms with E-state index in [0.717, 1.165) is 11.3 Å². The van der Waals surface area contributed by atoms with E-state index in [1.807, 2.05) is 13.0 Å². The monoisotopic (exact) mass is 489 g/mol. The third kappa shape index (κ3) is 5.72. The molecular weight excluding hydrogens is 466 g/mol. The molecule has 0 radical (unpaired) electrons. The number of aryl methyl sites for hydroxylation is 2. The number of nitrogens with two attached hydrogens (primary N) is 2. The molecular formula is C26H24ClN5O3. The van der Waals surface area contributed by atoms with Gasteiger partial charge in [0.15, 0.2) is 0 Å². The minimum Gasteiger partial charge on any atom is -0.454 e. The third-order valence-electron chi connectivity index (χ3n) is 5.24. The number of pyridine rings is 1. The average molecular weight is 490 g/mol. The van der Waals surface area contributed by atoms with Gasteiger partial charge in [-0.05, 0) is 67.6 Å². The van der Waals surface area contributed by atoms with E-state index in [2.05, 4.69) is 16.4 Å². The fourth-order valence-electron chi connectivity index (χ4n) is 3.53. The molecule has 0 atom stereocenters. The number of rotatable bonds is 7. The lowest BCUT2D eigenvalue weighted by molar-refractivity contribution is 0.0950. The Hall–Kier alpha value is -4.48. The number of hydrogen-bond acceptors (Lipinski definition) is 6. The van der Waals surface area contributed by atoms with E-state index >= 15 is 0 Å². The summed E-state index contributed by atoms with van der Waals surface area (Å²) in [4.78, 5) is 27.5. The molecule has 2 aromatic carbocycles. The summed E-state index contributed by atoms with van der Waals surface area (Å²) in [7, 11) is 0. The van der Waals surface area contributed by atoms with E-state index in [1.165, 1.54) is 24.5 Å². The zero-order chi connectivity index (χ0) is 25.5. The zero-order valence-corrected chi connectivity index (χ0v) is 19.9. The molecule has 0 aliphatic carbocycles. The number of aromatic nitrogens is 1. The van der Waals surface area contributed by atoms with E-state index in [1.54, 1.807) is 37.3 Å². The summed E-state index contributed by atoms with van der Waals surface area (Å²) in [5.41, 5.74) is 14.6. The maximum atomic E-state index is 12.6. The molecule has 0 unspecified atom stereocenters. The predicted octanol–water partition coefficient (Wildman–Crippen LogP) is 4.01. The number of amides is 1. The van der Waals surface area contributed by atoms with Crippen LogP contribution in [0.5, 0.6) is 11.5 Å². The van der Waals surface area contributed by atoms with Gasteiger partial charge in [0, 0.05) is 35.1 Å². The summed E-state index contributed by atoms with van der Waals surface area (Å²) < 4.78 is 5.90. The van der Waals surface area contributed by atoms with Crippen LogP contribution in [0.15, 0.2) is 65.7 Å². The van der Waals surface area contributed by atoms with Crippen LogP contribution >= 0.6 is 11.6 Å². The van der Waals surface area contributed by atoms with E-state index in [0.29, 0.717) is 22.3 Å². The third-order valence-corrected chi connectivity index (χ3v) is 5.53. The van der Waals surface area contributed by atoms with Crippen molar-refractivity contribution >= 4 is 23.1 Å². The summed E-state index contributed by atoms with van der Waals surface area (Å²) in [5.74, 6) is 0.127. The number of nitrogens with zero attached hydrogens (tertiary/aromatic N) is 1. The fraction of sp³-hybridized carbons (Fsp3) is 0.115. The van der Waals surface area contributed by atoms with Gasteiger partial charge in [-0.1, -0.05) is 23.7 Å². The van der Waals surface area contributed by atoms with Gasteiger partial charge in [0.1, 0.15) is 23.1 Å². The number of nitriles is 1. The molecule has 35 heavy (non-hydrogen) atoms. The van der Waals surface area contributed by atoms with Gasteiger partial charge < -0.3 is 26.5 Å². The van der Waals surface area contributed by atoms with Gasteiger partial charge in [-0.25, -0.2) is 0 Å². The van der Waals surface area contributed by atoms with Crippen molar-refractivity contribution in [2.75, 3.05) is 0 Å². The standard InChI is InChI=1S/C26H24ClN5O3/c1-15-10-16(2)32-26(34)21(15)14-31-25(33)17-6-7-24(22(27)11-17)35-23-5-3-4-19(20(23)13-30)18(12-29)8-9-28/h3-12H,14,28-29H2,1-2H3,(H,31,33)(H,32,34)/b9-8-,18-12+. The Kier molecular flexibility index (Phi) is 7.97. The van der Waals surface area contributed by atoms with Crippen LogP contribution in [-0.4, -0.2) is 10.9 Å². The molecule has 8 nitrogen and oxygen atoms in total. The molecule has 0 bridgehead atoms. The minimum absolute atomic E-state index is 0.0721. The highest BCUT2D eigenvalue weighted by atomic mass is 35.5. The normalized spacial score (nSPS) is 11.3. The first-order chi connectivity index (χ1) is 16.8. The first-order valence-corrected chi connectivity index (χ1v) is 11.0.